The maximum Gasteiger partial charge on any atom is 0.164 e. The zero-order chi connectivity index (χ0) is 95.6. The topological polar surface area (TPSA) is 116 Å². The summed E-state index contributed by atoms with van der Waals surface area (Å²) in [5, 5.41) is 22.8. The van der Waals surface area contributed by atoms with E-state index in [1.807, 2.05) is 188 Å². The highest BCUT2D eigenvalue weighted by Gasteiger charge is 2.23. The molecule has 672 valence electrons. The molecule has 0 saturated carbocycles. The molecule has 27 rings (SSSR count). The summed E-state index contributed by atoms with van der Waals surface area (Å²) in [6, 6.07) is 185. The van der Waals surface area contributed by atoms with Crippen LogP contribution in [0.5, 0.6) is 0 Å². The van der Waals surface area contributed by atoms with Crippen LogP contribution in [0.3, 0.4) is 0 Å². The largest absolute Gasteiger partial charge is 0.208 e. The van der Waals surface area contributed by atoms with E-state index in [9.17, 15) is 0 Å². The molecule has 0 saturated heterocycles. The van der Waals surface area contributed by atoms with Crippen molar-refractivity contribution < 1.29 is 0 Å². The number of nitrogens with zero attached hydrogens (tertiary/aromatic N) is 9. The first-order valence-electron chi connectivity index (χ1n) is 48.6. The third-order valence-electron chi connectivity index (χ3n) is 27.4. The van der Waals surface area contributed by atoms with Gasteiger partial charge in [0.05, 0.1) is 0 Å². The smallest absolute Gasteiger partial charge is 0.164 e. The first-order valence-corrected chi connectivity index (χ1v) is 48.6. The molecule has 0 fully saturated rings. The van der Waals surface area contributed by atoms with Crippen molar-refractivity contribution >= 4 is 97.0 Å². The van der Waals surface area contributed by atoms with Crippen molar-refractivity contribution in [3.8, 4) is 169 Å². The van der Waals surface area contributed by atoms with Gasteiger partial charge in [-0.3, -0.25) is 0 Å². The van der Waals surface area contributed by atoms with Crippen LogP contribution in [0, 0.1) is 0 Å². The van der Waals surface area contributed by atoms with E-state index < -0.39 is 0 Å². The summed E-state index contributed by atoms with van der Waals surface area (Å²) in [4.78, 5) is 44.7. The lowest BCUT2D eigenvalue weighted by Crippen LogP contribution is -2.01. The molecule has 0 radical (unpaired) electrons. The number of rotatable bonds is 15. The van der Waals surface area contributed by atoms with Crippen molar-refractivity contribution in [3.05, 3.63) is 528 Å². The van der Waals surface area contributed by atoms with Crippen LogP contribution in [-0.4, -0.2) is 44.9 Å². The van der Waals surface area contributed by atoms with Gasteiger partial charge in [-0.1, -0.05) is 516 Å². The molecule has 0 aliphatic heterocycles. The molecule has 9 heteroatoms. The quantitative estimate of drug-likeness (QED) is 0.0925. The van der Waals surface area contributed by atoms with Gasteiger partial charge < -0.3 is 0 Å². The zero-order valence-electron chi connectivity index (χ0n) is 78.3. The van der Waals surface area contributed by atoms with Gasteiger partial charge in [-0.25, -0.2) is 44.9 Å². The Kier molecular flexibility index (Phi) is 22.9. The Morgan fingerprint density at radius 1 is 0.0833 bits per heavy atom. The lowest BCUT2D eigenvalue weighted by molar-refractivity contribution is 1.07. The number of benzene rings is 24. The zero-order valence-corrected chi connectivity index (χ0v) is 78.3. The molecule has 144 heavy (non-hydrogen) atoms. The third-order valence-corrected chi connectivity index (χ3v) is 27.4. The Hall–Kier alpha value is -19.4. The second kappa shape index (κ2) is 38.2. The lowest BCUT2D eigenvalue weighted by Gasteiger charge is -2.15. The highest BCUT2D eigenvalue weighted by Crippen LogP contribution is 2.46. The molecule has 3 aromatic heterocycles. The van der Waals surface area contributed by atoms with Crippen molar-refractivity contribution in [2.45, 2.75) is 0 Å². The van der Waals surface area contributed by atoms with Crippen molar-refractivity contribution in [2.75, 3.05) is 0 Å². The van der Waals surface area contributed by atoms with Gasteiger partial charge in [0, 0.05) is 50.1 Å². The number of aromatic nitrogens is 9. The van der Waals surface area contributed by atoms with E-state index in [0.717, 1.165) is 83.5 Å². The molecule has 3 heterocycles. The Morgan fingerprint density at radius 3 is 0.625 bits per heavy atom. The maximum atomic E-state index is 5.04. The summed E-state index contributed by atoms with van der Waals surface area (Å²) >= 11 is 0. The molecule has 27 aromatic rings. The van der Waals surface area contributed by atoms with E-state index in [0.29, 0.717) is 52.4 Å². The van der Waals surface area contributed by atoms with E-state index in [-0.39, 0.29) is 0 Å². The average Bonchev–Trinajstić information content (AvgIpc) is 1.09. The van der Waals surface area contributed by atoms with Gasteiger partial charge in [-0.05, 0) is 176 Å². The molecule has 0 bridgehead atoms. The van der Waals surface area contributed by atoms with Crippen molar-refractivity contribution in [1.29, 1.82) is 0 Å². The number of hydrogen-bond donors (Lipinski definition) is 0. The summed E-state index contributed by atoms with van der Waals surface area (Å²) in [6.45, 7) is 0. The Balaban J connectivity index is 0.000000113. The predicted molar refractivity (Wildman–Crippen MR) is 599 cm³/mol. The van der Waals surface area contributed by atoms with Crippen LogP contribution in [0.15, 0.2) is 528 Å². The van der Waals surface area contributed by atoms with Crippen molar-refractivity contribution in [3.63, 3.8) is 0 Å². The van der Waals surface area contributed by atoms with E-state index in [4.69, 9.17) is 44.9 Å². The van der Waals surface area contributed by atoms with Gasteiger partial charge in [-0.15, -0.1) is 0 Å². The van der Waals surface area contributed by atoms with E-state index in [1.54, 1.807) is 0 Å². The molecule has 0 N–H and O–H groups in total. The highest BCUT2D eigenvalue weighted by molar-refractivity contribution is 6.23. The van der Waals surface area contributed by atoms with Gasteiger partial charge in [0.25, 0.3) is 0 Å². The van der Waals surface area contributed by atoms with Gasteiger partial charge in [0.2, 0.25) is 0 Å². The number of hydrogen-bond acceptors (Lipinski definition) is 9. The molecule has 0 amide bonds. The lowest BCUT2D eigenvalue weighted by atomic mass is 9.89. The molecule has 0 aliphatic carbocycles. The van der Waals surface area contributed by atoms with Crippen LogP contribution < -0.4 is 0 Å². The normalized spacial score (nSPS) is 11.3. The van der Waals surface area contributed by atoms with Crippen LogP contribution in [0.1, 0.15) is 0 Å². The minimum Gasteiger partial charge on any atom is -0.208 e. The maximum absolute atomic E-state index is 5.04. The Labute approximate surface area is 833 Å². The van der Waals surface area contributed by atoms with Crippen LogP contribution in [-0.2, 0) is 0 Å². The summed E-state index contributed by atoms with van der Waals surface area (Å²) in [7, 11) is 0. The van der Waals surface area contributed by atoms with Gasteiger partial charge in [-0.2, -0.15) is 0 Å². The monoisotopic (exact) mass is 1830 g/mol. The van der Waals surface area contributed by atoms with Crippen LogP contribution in [0.25, 0.3) is 266 Å². The molecule has 24 aromatic carbocycles. The SMILES string of the molecule is c1ccc(-c2nc(-c3ccccc3)nc(-c3cccc(-c4ccccc4-c4cccc5c4ccc4c6ccccc6ccc54)c3)n2)cc1.c1ccc(-c2nc(-c3ccccc3)nc(-c3ccccc3-c3ccc(-c4cccc5c4ccc4c6ccccc6ccc54)cc3)n2)cc1.c1ccc(-c2nc(-c3ccccc3)nc(-c3ccccc3-c3cccc(-c4cccc5c4ccc4c6ccccc6ccc54)c3)n2)cc1. The average molecular weight is 1840 g/mol. The molecule has 0 unspecified atom stereocenters. The van der Waals surface area contributed by atoms with Crippen LogP contribution in [0.4, 0.5) is 0 Å². The standard InChI is InChI=1S/3C45H29N3/c1-3-14-31(15-4-1)43-46-44(32-16-5-2-6-17-32)48-45(47-43)42-22-10-9-21-37(42)34-19-11-18-33(29-34)36-23-12-24-38-40(36)28-27-39-35-20-8-7-13-30(35)25-26-41(38)39;1-3-14-31(15-4-1)43-46-44(32-16-5-2-6-17-32)48-45(47-43)34-19-11-18-33(29-34)36-21-9-10-22-37(36)38-23-12-24-39-41-26-25-30-13-7-8-20-35(30)40(41)27-28-42(38)39;1-3-13-33(14-4-1)43-46-44(34-15-5-2-6-16-34)48-45(47-43)42-19-10-9-18-37(42)32-24-22-31(23-25-32)36-20-11-21-38-39(36)28-29-40-35-17-8-7-12-30(35)26-27-41(38)40/h3*1-29H. The Bertz CT molecular complexity index is 9390. The molecule has 9 nitrogen and oxygen atoms in total. The molecular formula is C135H87N9. The van der Waals surface area contributed by atoms with E-state index in [1.165, 1.54) is 130 Å². The summed E-state index contributed by atoms with van der Waals surface area (Å²) < 4.78 is 0. The van der Waals surface area contributed by atoms with Gasteiger partial charge in [0.15, 0.2) is 52.4 Å². The van der Waals surface area contributed by atoms with Gasteiger partial charge >= 0.3 is 0 Å². The first kappa shape index (κ1) is 86.2. The van der Waals surface area contributed by atoms with Crippen LogP contribution >= 0.6 is 0 Å². The fourth-order valence-corrected chi connectivity index (χ4v) is 20.4. The minimum atomic E-state index is 0.644. The highest BCUT2D eigenvalue weighted by atomic mass is 15.1. The van der Waals surface area contributed by atoms with E-state index >= 15 is 0 Å². The van der Waals surface area contributed by atoms with E-state index in [2.05, 4.69) is 340 Å². The Morgan fingerprint density at radius 2 is 0.271 bits per heavy atom. The minimum absolute atomic E-state index is 0.644. The van der Waals surface area contributed by atoms with Gasteiger partial charge in [0.1, 0.15) is 0 Å². The predicted octanol–water partition coefficient (Wildman–Crippen LogP) is 35.0. The van der Waals surface area contributed by atoms with Crippen molar-refractivity contribution in [1.82, 2.24) is 44.9 Å². The fraction of sp³-hybridized carbons (Fsp3) is 0. The summed E-state index contributed by atoms with van der Waals surface area (Å²) in [6.07, 6.45) is 0. The first-order chi connectivity index (χ1) is 71.4. The third kappa shape index (κ3) is 16.8. The van der Waals surface area contributed by atoms with Crippen molar-refractivity contribution in [2.24, 2.45) is 0 Å². The number of fused-ring (bicyclic) bond motifs is 15. The summed E-state index contributed by atoms with van der Waals surface area (Å²) in [5.74, 6) is 5.86. The molecule has 0 atom stereocenters. The fourth-order valence-electron chi connectivity index (χ4n) is 20.4. The molecule has 0 spiro atoms. The van der Waals surface area contributed by atoms with Crippen LogP contribution in [0.2, 0.25) is 0 Å². The summed E-state index contributed by atoms with van der Waals surface area (Å²) in [5.41, 5.74) is 22.4. The molecular weight excluding hydrogens is 1750 g/mol. The molecule has 0 aliphatic rings. The second-order valence-electron chi connectivity index (χ2n) is 36.0. The second-order valence-corrected chi connectivity index (χ2v) is 36.0.